The van der Waals surface area contributed by atoms with Crippen molar-refractivity contribution < 1.29 is 13.2 Å². The molecule has 0 radical (unpaired) electrons. The Kier molecular flexibility index (Phi) is 4.48. The predicted octanol–water partition coefficient (Wildman–Crippen LogP) is 2.34. The highest BCUT2D eigenvalue weighted by Crippen LogP contribution is 2.29. The van der Waals surface area contributed by atoms with E-state index in [-0.39, 0.29) is 6.54 Å². The van der Waals surface area contributed by atoms with Crippen LogP contribution in [0.15, 0.2) is 0 Å². The molecule has 0 spiro atoms. The molecule has 1 rings (SSSR count). The van der Waals surface area contributed by atoms with Crippen LogP contribution in [0, 0.1) is 0 Å². The Labute approximate surface area is 105 Å². The second-order valence-electron chi connectivity index (χ2n) is 4.19. The van der Waals surface area contributed by atoms with Crippen LogP contribution in [0.3, 0.4) is 0 Å². The molecule has 0 aliphatic carbocycles. The van der Waals surface area contributed by atoms with Crippen molar-refractivity contribution in [1.82, 2.24) is 9.78 Å². The van der Waals surface area contributed by atoms with E-state index in [0.717, 1.165) is 6.42 Å². The number of aryl methyl sites for hydroxylation is 2. The van der Waals surface area contributed by atoms with Crippen LogP contribution in [0.5, 0.6) is 0 Å². The summed E-state index contributed by atoms with van der Waals surface area (Å²) in [7, 11) is 1.61. The minimum atomic E-state index is -4.25. The third-order valence-electron chi connectivity index (χ3n) is 2.67. The standard InChI is InChI=1S/C11H19F3N4/c1-4-6-8-9(15)10(17(3)16-8)18(5-2)7-11(12,13)14/h4-7,15H2,1-3H3. The molecule has 104 valence electrons. The molecule has 0 saturated carbocycles. The van der Waals surface area contributed by atoms with Gasteiger partial charge in [-0.1, -0.05) is 13.3 Å². The third-order valence-corrected chi connectivity index (χ3v) is 2.67. The number of nitrogens with zero attached hydrogens (tertiary/aromatic N) is 3. The molecule has 0 saturated heterocycles. The van der Waals surface area contributed by atoms with E-state index in [4.69, 9.17) is 5.73 Å². The Balaban J connectivity index is 3.06. The van der Waals surface area contributed by atoms with Crippen molar-refractivity contribution in [3.63, 3.8) is 0 Å². The van der Waals surface area contributed by atoms with Crippen LogP contribution < -0.4 is 10.6 Å². The van der Waals surface area contributed by atoms with Crippen molar-refractivity contribution in [1.29, 1.82) is 0 Å². The summed E-state index contributed by atoms with van der Waals surface area (Å²) in [4.78, 5) is 1.20. The summed E-state index contributed by atoms with van der Waals surface area (Å²) in [5.74, 6) is 0.346. The Morgan fingerprint density at radius 2 is 1.94 bits per heavy atom. The molecule has 7 heteroatoms. The quantitative estimate of drug-likeness (QED) is 0.888. The Bertz CT molecular complexity index is 398. The molecule has 0 bridgehead atoms. The molecule has 2 N–H and O–H groups in total. The molecule has 4 nitrogen and oxygen atoms in total. The number of halogens is 3. The van der Waals surface area contributed by atoms with Gasteiger partial charge in [-0.25, -0.2) is 0 Å². The van der Waals surface area contributed by atoms with Gasteiger partial charge >= 0.3 is 6.18 Å². The van der Waals surface area contributed by atoms with Gasteiger partial charge in [-0.05, 0) is 13.3 Å². The van der Waals surface area contributed by atoms with Gasteiger partial charge in [0, 0.05) is 13.6 Å². The van der Waals surface area contributed by atoms with Crippen LogP contribution in [-0.4, -0.2) is 29.0 Å². The molecular weight excluding hydrogens is 245 g/mol. The van der Waals surface area contributed by atoms with Crippen molar-refractivity contribution in [3.05, 3.63) is 5.69 Å². The van der Waals surface area contributed by atoms with E-state index in [2.05, 4.69) is 5.10 Å². The van der Waals surface area contributed by atoms with Gasteiger partial charge in [-0.2, -0.15) is 18.3 Å². The normalized spacial score (nSPS) is 11.9. The lowest BCUT2D eigenvalue weighted by Crippen LogP contribution is -2.35. The Morgan fingerprint density at radius 3 is 2.39 bits per heavy atom. The molecule has 1 heterocycles. The van der Waals surface area contributed by atoms with E-state index in [0.29, 0.717) is 23.6 Å². The van der Waals surface area contributed by atoms with Crippen LogP contribution in [-0.2, 0) is 13.5 Å². The molecular formula is C11H19F3N4. The van der Waals surface area contributed by atoms with Gasteiger partial charge in [0.2, 0.25) is 0 Å². The second-order valence-corrected chi connectivity index (χ2v) is 4.19. The van der Waals surface area contributed by atoms with Crippen molar-refractivity contribution in [2.75, 3.05) is 23.7 Å². The summed E-state index contributed by atoms with van der Waals surface area (Å²) >= 11 is 0. The topological polar surface area (TPSA) is 47.1 Å². The van der Waals surface area contributed by atoms with Crippen LogP contribution in [0.25, 0.3) is 0 Å². The summed E-state index contributed by atoms with van der Waals surface area (Å²) in [6, 6.07) is 0. The highest BCUT2D eigenvalue weighted by Gasteiger charge is 2.32. The minimum Gasteiger partial charge on any atom is -0.394 e. The van der Waals surface area contributed by atoms with Gasteiger partial charge in [0.05, 0.1) is 11.4 Å². The molecule has 18 heavy (non-hydrogen) atoms. The Morgan fingerprint density at radius 1 is 1.33 bits per heavy atom. The fourth-order valence-corrected chi connectivity index (χ4v) is 1.94. The molecule has 1 aromatic rings. The maximum absolute atomic E-state index is 12.5. The Hall–Kier alpha value is -1.40. The average molecular weight is 264 g/mol. The van der Waals surface area contributed by atoms with E-state index >= 15 is 0 Å². The maximum atomic E-state index is 12.5. The molecule has 0 amide bonds. The summed E-state index contributed by atoms with van der Waals surface area (Å²) in [6.45, 7) is 2.85. The summed E-state index contributed by atoms with van der Waals surface area (Å²) in [5.41, 5.74) is 6.91. The van der Waals surface area contributed by atoms with E-state index < -0.39 is 12.7 Å². The third kappa shape index (κ3) is 3.30. The fourth-order valence-electron chi connectivity index (χ4n) is 1.94. The number of anilines is 2. The zero-order valence-corrected chi connectivity index (χ0v) is 10.9. The lowest BCUT2D eigenvalue weighted by Gasteiger charge is -2.24. The van der Waals surface area contributed by atoms with Crippen LogP contribution in [0.1, 0.15) is 26.0 Å². The number of hydrogen-bond acceptors (Lipinski definition) is 3. The minimum absolute atomic E-state index is 0.231. The number of alkyl halides is 3. The van der Waals surface area contributed by atoms with Crippen molar-refractivity contribution in [2.45, 2.75) is 32.9 Å². The maximum Gasteiger partial charge on any atom is 0.405 e. The molecule has 0 aliphatic rings. The highest BCUT2D eigenvalue weighted by atomic mass is 19.4. The lowest BCUT2D eigenvalue weighted by molar-refractivity contribution is -0.119. The predicted molar refractivity (Wildman–Crippen MR) is 65.6 cm³/mol. The lowest BCUT2D eigenvalue weighted by atomic mass is 10.2. The smallest absolute Gasteiger partial charge is 0.394 e. The molecule has 0 atom stereocenters. The van der Waals surface area contributed by atoms with E-state index in [1.807, 2.05) is 6.92 Å². The van der Waals surface area contributed by atoms with Crippen LogP contribution >= 0.6 is 0 Å². The van der Waals surface area contributed by atoms with Crippen molar-refractivity contribution >= 4 is 11.5 Å². The van der Waals surface area contributed by atoms with E-state index in [1.54, 1.807) is 14.0 Å². The molecule has 0 unspecified atom stereocenters. The summed E-state index contributed by atoms with van der Waals surface area (Å²) < 4.78 is 38.9. The zero-order valence-electron chi connectivity index (χ0n) is 10.9. The van der Waals surface area contributed by atoms with Gasteiger partial charge in [-0.15, -0.1) is 0 Å². The molecule has 0 fully saturated rings. The average Bonchev–Trinajstić information content (AvgIpc) is 2.51. The largest absolute Gasteiger partial charge is 0.405 e. The van der Waals surface area contributed by atoms with Gasteiger partial charge in [0.1, 0.15) is 6.54 Å². The van der Waals surface area contributed by atoms with Crippen molar-refractivity contribution in [2.24, 2.45) is 7.05 Å². The zero-order chi connectivity index (χ0) is 13.9. The van der Waals surface area contributed by atoms with Crippen LogP contribution in [0.4, 0.5) is 24.7 Å². The molecule has 0 aromatic carbocycles. The second kappa shape index (κ2) is 5.49. The number of nitrogen functional groups attached to an aromatic ring is 1. The molecule has 0 aliphatic heterocycles. The van der Waals surface area contributed by atoms with Gasteiger partial charge in [0.15, 0.2) is 5.82 Å². The summed E-state index contributed by atoms with van der Waals surface area (Å²) in [6.07, 6.45) is -2.73. The first-order valence-electron chi connectivity index (χ1n) is 5.93. The number of aromatic nitrogens is 2. The fraction of sp³-hybridized carbons (Fsp3) is 0.727. The highest BCUT2D eigenvalue weighted by molar-refractivity contribution is 5.66. The first kappa shape index (κ1) is 14.7. The first-order valence-corrected chi connectivity index (χ1v) is 5.93. The van der Waals surface area contributed by atoms with Gasteiger partial charge in [0.25, 0.3) is 0 Å². The van der Waals surface area contributed by atoms with E-state index in [9.17, 15) is 13.2 Å². The number of hydrogen-bond donors (Lipinski definition) is 1. The van der Waals surface area contributed by atoms with Crippen molar-refractivity contribution in [3.8, 4) is 0 Å². The molecule has 1 aromatic heterocycles. The SMILES string of the molecule is CCCc1nn(C)c(N(CC)CC(F)(F)F)c1N. The monoisotopic (exact) mass is 264 g/mol. The number of nitrogens with two attached hydrogens (primary N) is 1. The summed E-state index contributed by atoms with van der Waals surface area (Å²) in [5, 5.41) is 4.18. The van der Waals surface area contributed by atoms with Gasteiger partial charge in [-0.3, -0.25) is 4.68 Å². The van der Waals surface area contributed by atoms with Gasteiger partial charge < -0.3 is 10.6 Å². The van der Waals surface area contributed by atoms with Crippen LogP contribution in [0.2, 0.25) is 0 Å². The number of rotatable bonds is 5. The van der Waals surface area contributed by atoms with E-state index in [1.165, 1.54) is 9.58 Å². The first-order chi connectivity index (χ1) is 8.30.